The van der Waals surface area contributed by atoms with E-state index in [1.54, 1.807) is 12.1 Å². The molecule has 3 heterocycles. The van der Waals surface area contributed by atoms with Crippen LogP contribution in [0.4, 0.5) is 0 Å². The minimum Gasteiger partial charge on any atom is -0.504 e. The first-order chi connectivity index (χ1) is 23.7. The van der Waals surface area contributed by atoms with Gasteiger partial charge in [-0.05, 0) is 59.2 Å². The van der Waals surface area contributed by atoms with Crippen molar-refractivity contribution in [1.82, 2.24) is 9.55 Å². The number of aromatic amines is 1. The molecule has 9 nitrogen and oxygen atoms in total. The van der Waals surface area contributed by atoms with Gasteiger partial charge in [0.1, 0.15) is 11.9 Å². The molecule has 4 aromatic rings. The third-order valence-corrected chi connectivity index (χ3v) is 9.72. The summed E-state index contributed by atoms with van der Waals surface area (Å²) in [6.07, 6.45) is 12.1. The number of carbonyl (C=O) groups is 1. The fourth-order valence-corrected chi connectivity index (χ4v) is 6.78. The fourth-order valence-electron chi connectivity index (χ4n) is 6.78. The van der Waals surface area contributed by atoms with Gasteiger partial charge in [-0.15, -0.1) is 0 Å². The Morgan fingerprint density at radius 1 is 1.04 bits per heavy atom. The van der Waals surface area contributed by atoms with Crippen molar-refractivity contribution in [1.29, 1.82) is 0 Å². The molecule has 4 atom stereocenters. The van der Waals surface area contributed by atoms with Crippen molar-refractivity contribution in [3.8, 4) is 23.3 Å². The van der Waals surface area contributed by atoms with Crippen molar-refractivity contribution < 1.29 is 24.9 Å². The monoisotopic (exact) mass is 668 g/mol. The first kappa shape index (κ1) is 36.2. The zero-order valence-electron chi connectivity index (χ0n) is 28.8. The third kappa shape index (κ3) is 9.14. The summed E-state index contributed by atoms with van der Waals surface area (Å²) in [5.41, 5.74) is 17.1. The number of aromatic hydroxyl groups is 1. The first-order valence-electron chi connectivity index (χ1n) is 17.9. The molecule has 8 N–H and O–H groups in total. The van der Waals surface area contributed by atoms with E-state index < -0.39 is 24.6 Å². The number of aliphatic hydroxyl groups excluding tert-OH is 2. The molecule has 0 amide bonds. The highest BCUT2D eigenvalue weighted by Gasteiger charge is 2.26. The molecule has 262 valence electrons. The second-order valence-electron chi connectivity index (χ2n) is 13.4. The number of rotatable bonds is 16. The minimum atomic E-state index is -1.02. The number of hydrogen-bond acceptors (Lipinski definition) is 7. The van der Waals surface area contributed by atoms with Gasteiger partial charge in [0.2, 0.25) is 0 Å². The molecule has 1 aliphatic rings. The standard InChI is InChI=1S/C40H52N4O5/c1-3-5-7-10-31(35(46)11-8-6-4-2)36(47)18-14-26-15-19-37(48)38(20-26)49-39-13-9-12-34(45)30-17-16-27(40(41)42)21-28(30)22-29-23-43-33-25-44(39)24-32(29)33/h15-17,19-21,23-25,31,34-35,39-40,43,45-46,48H,3-8,10-11,13-14,18,22,41-42H2,1-2H3/t31-,34+,35-,39+/m1/s1. The summed E-state index contributed by atoms with van der Waals surface area (Å²) < 4.78 is 8.36. The van der Waals surface area contributed by atoms with Gasteiger partial charge in [-0.3, -0.25) is 4.79 Å². The Hall–Kier alpha value is -4.07. The Kier molecular flexibility index (Phi) is 12.6. The number of H-pyrrole nitrogens is 1. The van der Waals surface area contributed by atoms with Crippen LogP contribution in [0.5, 0.6) is 11.5 Å². The Morgan fingerprint density at radius 2 is 1.82 bits per heavy atom. The number of nitrogens with one attached hydrogen (secondary N) is 1. The molecule has 0 radical (unpaired) electrons. The van der Waals surface area contributed by atoms with E-state index >= 15 is 0 Å². The summed E-state index contributed by atoms with van der Waals surface area (Å²) in [7, 11) is 0. The van der Waals surface area contributed by atoms with Crippen molar-refractivity contribution >= 4 is 16.7 Å². The number of ketones is 1. The van der Waals surface area contributed by atoms with E-state index in [0.717, 1.165) is 71.7 Å². The molecule has 49 heavy (non-hydrogen) atoms. The summed E-state index contributed by atoms with van der Waals surface area (Å²) in [5, 5.41) is 33.9. The maximum atomic E-state index is 13.4. The van der Waals surface area contributed by atoms with Crippen molar-refractivity contribution in [2.75, 3.05) is 0 Å². The average Bonchev–Trinajstić information content (AvgIpc) is 3.67. The highest BCUT2D eigenvalue weighted by molar-refractivity contribution is 5.83. The first-order valence-corrected chi connectivity index (χ1v) is 17.9. The Balaban J connectivity index is 1.34. The number of unbranched alkanes of at least 4 members (excludes halogenated alkanes) is 4. The van der Waals surface area contributed by atoms with Crippen molar-refractivity contribution in [2.24, 2.45) is 17.4 Å². The number of fused-ring (bicyclic) bond motifs is 2. The van der Waals surface area contributed by atoms with E-state index in [2.05, 4.69) is 30.7 Å². The van der Waals surface area contributed by atoms with E-state index in [1.165, 1.54) is 0 Å². The van der Waals surface area contributed by atoms with Crippen LogP contribution >= 0.6 is 0 Å². The van der Waals surface area contributed by atoms with Gasteiger partial charge in [0.25, 0.3) is 0 Å². The minimum absolute atomic E-state index is 0.0146. The number of phenolic OH excluding ortho intramolecular Hbond substituents is 1. The smallest absolute Gasteiger partial charge is 0.186 e. The lowest BCUT2D eigenvalue weighted by atomic mass is 9.86. The molecule has 2 aromatic heterocycles. The van der Waals surface area contributed by atoms with Gasteiger partial charge >= 0.3 is 0 Å². The molecule has 1 aliphatic heterocycles. The van der Waals surface area contributed by atoms with Gasteiger partial charge in [-0.2, -0.15) is 0 Å². The molecule has 0 aliphatic carbocycles. The molecule has 5 rings (SSSR count). The van der Waals surface area contributed by atoms with Gasteiger partial charge < -0.3 is 41.1 Å². The Bertz CT molecular complexity index is 1760. The van der Waals surface area contributed by atoms with Gasteiger partial charge in [0.05, 0.1) is 24.2 Å². The number of carbonyl (C=O) groups excluding carboxylic acids is 1. The highest BCUT2D eigenvalue weighted by atomic mass is 16.5. The summed E-state index contributed by atoms with van der Waals surface area (Å²) in [4.78, 5) is 16.8. The molecule has 2 aromatic carbocycles. The van der Waals surface area contributed by atoms with Crippen molar-refractivity contribution in [3.05, 3.63) is 82.8 Å². The lowest BCUT2D eigenvalue weighted by Gasteiger charge is -2.22. The van der Waals surface area contributed by atoms with Crippen LogP contribution in [0.1, 0.15) is 124 Å². The van der Waals surface area contributed by atoms with E-state index in [9.17, 15) is 20.1 Å². The number of nitrogens with zero attached hydrogens (tertiary/aromatic N) is 1. The second kappa shape index (κ2) is 17.0. The lowest BCUT2D eigenvalue weighted by Crippen LogP contribution is -2.28. The summed E-state index contributed by atoms with van der Waals surface area (Å²) in [5.74, 6) is 6.09. The maximum absolute atomic E-state index is 13.4. The van der Waals surface area contributed by atoms with Gasteiger partial charge in [-0.1, -0.05) is 88.5 Å². The average molecular weight is 669 g/mol. The predicted octanol–water partition coefficient (Wildman–Crippen LogP) is 6.84. The van der Waals surface area contributed by atoms with Crippen LogP contribution in [0.2, 0.25) is 0 Å². The number of benzene rings is 2. The highest BCUT2D eigenvalue weighted by Crippen LogP contribution is 2.34. The largest absolute Gasteiger partial charge is 0.504 e. The van der Waals surface area contributed by atoms with Crippen LogP contribution in [0, 0.1) is 17.8 Å². The third-order valence-electron chi connectivity index (χ3n) is 9.72. The van der Waals surface area contributed by atoms with Crippen LogP contribution in [-0.4, -0.2) is 36.8 Å². The van der Waals surface area contributed by atoms with Gasteiger partial charge in [-0.25, -0.2) is 0 Å². The second-order valence-corrected chi connectivity index (χ2v) is 13.4. The number of aromatic nitrogens is 2. The zero-order valence-corrected chi connectivity index (χ0v) is 28.8. The molecular weight excluding hydrogens is 616 g/mol. The molecule has 0 spiro atoms. The molecule has 0 saturated heterocycles. The van der Waals surface area contributed by atoms with Crippen LogP contribution < -0.4 is 16.2 Å². The number of hydrogen-bond donors (Lipinski definition) is 6. The molecule has 9 heteroatoms. The maximum Gasteiger partial charge on any atom is 0.186 e. The van der Waals surface area contributed by atoms with Gasteiger partial charge in [0, 0.05) is 42.7 Å². The summed E-state index contributed by atoms with van der Waals surface area (Å²) >= 11 is 0. The molecule has 0 unspecified atom stereocenters. The van der Waals surface area contributed by atoms with Crippen LogP contribution in [-0.2, 0) is 17.6 Å². The van der Waals surface area contributed by atoms with Crippen LogP contribution in [0.25, 0.3) is 10.9 Å². The summed E-state index contributed by atoms with van der Waals surface area (Å²) in [6, 6.07) is 10.8. The topological polar surface area (TPSA) is 160 Å². The quantitative estimate of drug-likeness (QED) is 0.0433. The van der Waals surface area contributed by atoms with E-state index in [1.807, 2.05) is 47.4 Å². The van der Waals surface area contributed by atoms with E-state index in [0.29, 0.717) is 37.7 Å². The van der Waals surface area contributed by atoms with Crippen molar-refractivity contribution in [3.63, 3.8) is 0 Å². The molecular formula is C40H52N4O5. The lowest BCUT2D eigenvalue weighted by molar-refractivity contribution is -0.126. The van der Waals surface area contributed by atoms with Gasteiger partial charge in [0.15, 0.2) is 17.7 Å². The summed E-state index contributed by atoms with van der Waals surface area (Å²) in [6.45, 7) is 4.27. The number of phenols is 1. The number of aliphatic hydroxyl groups is 2. The molecule has 0 fully saturated rings. The molecule has 0 saturated carbocycles. The Labute approximate surface area is 289 Å². The number of Topliss-reactive ketones (excluding diaryl/α,β-unsaturated/α-hetero) is 1. The number of ether oxygens (including phenoxy) is 1. The van der Waals surface area contributed by atoms with E-state index in [4.69, 9.17) is 16.2 Å². The van der Waals surface area contributed by atoms with E-state index in [-0.39, 0.29) is 29.6 Å². The number of aryl methyl sites for hydroxylation is 1. The normalized spacial score (nSPS) is 17.2. The Morgan fingerprint density at radius 3 is 2.57 bits per heavy atom. The SMILES string of the molecule is CCCCC[C@@H](O)[C@@H](CCCCC)C(=O)CCc1ccc(O)c(O[C@H]2CC#C[C@H](O)c3ccc(C(N)N)cc3Cc3c[nH]c4cn2cc34)c1. The number of nitrogens with two attached hydrogens (primary N) is 2. The van der Waals surface area contributed by atoms with Crippen LogP contribution in [0.15, 0.2) is 55.0 Å². The zero-order chi connectivity index (χ0) is 34.9. The van der Waals surface area contributed by atoms with Crippen LogP contribution in [0.3, 0.4) is 0 Å². The fraction of sp³-hybridized carbons (Fsp3) is 0.475. The molecule has 2 bridgehead atoms. The predicted molar refractivity (Wildman–Crippen MR) is 193 cm³/mol. The van der Waals surface area contributed by atoms with Crippen molar-refractivity contribution in [2.45, 2.75) is 115 Å².